The lowest BCUT2D eigenvalue weighted by Gasteiger charge is -2.10. The summed E-state index contributed by atoms with van der Waals surface area (Å²) in [4.78, 5) is 7.74. The Bertz CT molecular complexity index is 853. The van der Waals surface area contributed by atoms with Crippen molar-refractivity contribution in [1.82, 2.24) is 19.7 Å². The maximum Gasteiger partial charge on any atom is 0.225 e. The Balaban J connectivity index is 2.36. The van der Waals surface area contributed by atoms with E-state index in [1.54, 1.807) is 0 Å². The van der Waals surface area contributed by atoms with E-state index in [4.69, 9.17) is 27.9 Å². The molecule has 1 aromatic carbocycles. The van der Waals surface area contributed by atoms with Crippen molar-refractivity contribution in [2.24, 2.45) is 0 Å². The van der Waals surface area contributed by atoms with E-state index in [1.165, 1.54) is 13.3 Å². The molecule has 0 fully saturated rings. The number of halogens is 4. The molecular formula is C12H6Cl2F2N4O. The molecule has 2 heterocycles. The van der Waals surface area contributed by atoms with Gasteiger partial charge in [0.25, 0.3) is 0 Å². The highest BCUT2D eigenvalue weighted by atomic mass is 35.5. The summed E-state index contributed by atoms with van der Waals surface area (Å²) in [5.74, 6) is -1.67. The summed E-state index contributed by atoms with van der Waals surface area (Å²) in [5.41, 5.74) is 0.0866. The number of hydrogen-bond donors (Lipinski definition) is 0. The average molecular weight is 331 g/mol. The number of fused-ring (bicyclic) bond motifs is 1. The van der Waals surface area contributed by atoms with E-state index < -0.39 is 11.6 Å². The van der Waals surface area contributed by atoms with E-state index in [0.29, 0.717) is 5.39 Å². The minimum atomic E-state index is -0.859. The van der Waals surface area contributed by atoms with Gasteiger partial charge in [-0.05, 0) is 11.6 Å². The fraction of sp³-hybridized carbons (Fsp3) is 0.0833. The molecule has 0 aliphatic heterocycles. The van der Waals surface area contributed by atoms with Crippen LogP contribution in [-0.2, 0) is 0 Å². The molecule has 0 spiro atoms. The van der Waals surface area contributed by atoms with Gasteiger partial charge in [0.05, 0.1) is 18.7 Å². The van der Waals surface area contributed by atoms with Crippen LogP contribution in [0.4, 0.5) is 8.78 Å². The van der Waals surface area contributed by atoms with Crippen molar-refractivity contribution in [3.63, 3.8) is 0 Å². The first-order valence-corrected chi connectivity index (χ1v) is 6.37. The first kappa shape index (κ1) is 14.0. The zero-order valence-electron chi connectivity index (χ0n) is 10.4. The maximum absolute atomic E-state index is 14.1. The van der Waals surface area contributed by atoms with Gasteiger partial charge < -0.3 is 4.74 Å². The lowest BCUT2D eigenvalue weighted by molar-refractivity contribution is 0.403. The monoisotopic (exact) mass is 330 g/mol. The minimum Gasteiger partial charge on any atom is -0.494 e. The molecule has 0 unspecified atom stereocenters. The van der Waals surface area contributed by atoms with Gasteiger partial charge in [-0.15, -0.1) is 0 Å². The molecular weight excluding hydrogens is 325 g/mol. The first-order chi connectivity index (χ1) is 10.0. The lowest BCUT2D eigenvalue weighted by atomic mass is 10.2. The molecule has 0 aliphatic carbocycles. The van der Waals surface area contributed by atoms with Crippen molar-refractivity contribution in [1.29, 1.82) is 0 Å². The van der Waals surface area contributed by atoms with Crippen LogP contribution in [0.1, 0.15) is 0 Å². The maximum atomic E-state index is 14.1. The van der Waals surface area contributed by atoms with Crippen molar-refractivity contribution < 1.29 is 13.5 Å². The van der Waals surface area contributed by atoms with Gasteiger partial charge in [0, 0.05) is 12.1 Å². The Morgan fingerprint density at radius 3 is 2.67 bits per heavy atom. The molecule has 108 valence electrons. The molecule has 0 saturated heterocycles. The third-order valence-corrected chi connectivity index (χ3v) is 3.24. The predicted molar refractivity (Wildman–Crippen MR) is 73.1 cm³/mol. The quantitative estimate of drug-likeness (QED) is 0.533. The number of hydrogen-bond acceptors (Lipinski definition) is 4. The summed E-state index contributed by atoms with van der Waals surface area (Å²) in [6, 6.07) is 1.76. The zero-order chi connectivity index (χ0) is 15.1. The number of benzene rings is 1. The topological polar surface area (TPSA) is 52.8 Å². The largest absolute Gasteiger partial charge is 0.494 e. The van der Waals surface area contributed by atoms with Gasteiger partial charge in [0.15, 0.2) is 17.2 Å². The molecule has 0 atom stereocenters. The standard InChI is InChI=1S/C12H6Cl2F2N4O/c1-21-8-3-5(15)2-7(16)9(8)20-11-6(4-17-20)10(13)18-12(14)19-11/h2-4H,1H3. The van der Waals surface area contributed by atoms with Crippen molar-refractivity contribution in [2.75, 3.05) is 7.11 Å². The van der Waals surface area contributed by atoms with Crippen molar-refractivity contribution in [3.05, 3.63) is 40.4 Å². The SMILES string of the molecule is COc1cc(F)cc(F)c1-n1ncc2c(Cl)nc(Cl)nc21. The Hall–Kier alpha value is -1.99. The summed E-state index contributed by atoms with van der Waals surface area (Å²) in [6.45, 7) is 0. The Labute approximate surface area is 127 Å². The minimum absolute atomic E-state index is 0.0386. The third kappa shape index (κ3) is 2.28. The van der Waals surface area contributed by atoms with E-state index >= 15 is 0 Å². The molecule has 0 N–H and O–H groups in total. The molecule has 3 rings (SSSR count). The van der Waals surface area contributed by atoms with E-state index in [2.05, 4.69) is 15.1 Å². The van der Waals surface area contributed by atoms with E-state index in [9.17, 15) is 8.78 Å². The summed E-state index contributed by atoms with van der Waals surface area (Å²) in [6.07, 6.45) is 1.36. The second-order valence-electron chi connectivity index (χ2n) is 4.02. The molecule has 0 amide bonds. The van der Waals surface area contributed by atoms with E-state index in [1.807, 2.05) is 0 Å². The fourth-order valence-electron chi connectivity index (χ4n) is 1.92. The number of methoxy groups -OCH3 is 1. The molecule has 0 radical (unpaired) electrons. The fourth-order valence-corrected chi connectivity index (χ4v) is 2.34. The predicted octanol–water partition coefficient (Wildman–Crippen LogP) is 3.41. The van der Waals surface area contributed by atoms with Crippen LogP contribution in [-0.4, -0.2) is 26.9 Å². The van der Waals surface area contributed by atoms with Crippen LogP contribution in [0, 0.1) is 11.6 Å². The smallest absolute Gasteiger partial charge is 0.225 e. The molecule has 0 bridgehead atoms. The van der Waals surface area contributed by atoms with Gasteiger partial charge in [-0.2, -0.15) is 10.1 Å². The van der Waals surface area contributed by atoms with Crippen molar-refractivity contribution in [2.45, 2.75) is 0 Å². The lowest BCUT2D eigenvalue weighted by Crippen LogP contribution is -2.05. The van der Waals surface area contributed by atoms with Crippen LogP contribution in [0.3, 0.4) is 0 Å². The van der Waals surface area contributed by atoms with Crippen molar-refractivity contribution in [3.8, 4) is 11.4 Å². The second-order valence-corrected chi connectivity index (χ2v) is 4.71. The highest BCUT2D eigenvalue weighted by molar-refractivity contribution is 6.35. The normalized spacial score (nSPS) is 11.1. The highest BCUT2D eigenvalue weighted by Gasteiger charge is 2.19. The molecule has 0 saturated carbocycles. The van der Waals surface area contributed by atoms with Crippen LogP contribution in [0.5, 0.6) is 5.75 Å². The number of aromatic nitrogens is 4. The van der Waals surface area contributed by atoms with Gasteiger partial charge >= 0.3 is 0 Å². The summed E-state index contributed by atoms with van der Waals surface area (Å²) < 4.78 is 33.5. The van der Waals surface area contributed by atoms with Crippen molar-refractivity contribution >= 4 is 34.2 Å². The van der Waals surface area contributed by atoms with Gasteiger partial charge in [-0.1, -0.05) is 11.6 Å². The van der Waals surface area contributed by atoms with Crippen LogP contribution >= 0.6 is 23.2 Å². The van der Waals surface area contributed by atoms with E-state index in [0.717, 1.165) is 16.8 Å². The molecule has 9 heteroatoms. The first-order valence-electron chi connectivity index (χ1n) is 5.61. The molecule has 3 aromatic rings. The molecule has 5 nitrogen and oxygen atoms in total. The summed E-state index contributed by atoms with van der Waals surface area (Å²) in [7, 11) is 1.29. The molecule has 0 aliphatic rings. The number of ether oxygens (including phenoxy) is 1. The molecule has 2 aromatic heterocycles. The average Bonchev–Trinajstić information content (AvgIpc) is 2.81. The van der Waals surface area contributed by atoms with E-state index in [-0.39, 0.29) is 27.5 Å². The van der Waals surface area contributed by atoms with Gasteiger partial charge in [-0.25, -0.2) is 18.4 Å². The third-order valence-electron chi connectivity index (χ3n) is 2.78. The van der Waals surface area contributed by atoms with Gasteiger partial charge in [-0.3, -0.25) is 0 Å². The van der Waals surface area contributed by atoms with Crippen LogP contribution < -0.4 is 4.74 Å². The Morgan fingerprint density at radius 2 is 1.95 bits per heavy atom. The molecule has 21 heavy (non-hydrogen) atoms. The zero-order valence-corrected chi connectivity index (χ0v) is 12.0. The van der Waals surface area contributed by atoms with Gasteiger partial charge in [0.1, 0.15) is 16.7 Å². The summed E-state index contributed by atoms with van der Waals surface area (Å²) in [5, 5.41) is 4.34. The van der Waals surface area contributed by atoms with Crippen LogP contribution in [0.25, 0.3) is 16.7 Å². The van der Waals surface area contributed by atoms with Crippen LogP contribution in [0.2, 0.25) is 10.4 Å². The highest BCUT2D eigenvalue weighted by Crippen LogP contribution is 2.31. The number of rotatable bonds is 2. The van der Waals surface area contributed by atoms with Crippen LogP contribution in [0.15, 0.2) is 18.3 Å². The second kappa shape index (κ2) is 5.09. The summed E-state index contributed by atoms with van der Waals surface area (Å²) >= 11 is 11.7. The Morgan fingerprint density at radius 1 is 1.19 bits per heavy atom. The Kier molecular flexibility index (Phi) is 3.38. The number of nitrogens with zero attached hydrogens (tertiary/aromatic N) is 4. The van der Waals surface area contributed by atoms with Gasteiger partial charge in [0.2, 0.25) is 5.28 Å².